The Labute approximate surface area is 177 Å². The first-order valence-electron chi connectivity index (χ1n) is 9.32. The highest BCUT2D eigenvalue weighted by Crippen LogP contribution is 2.29. The van der Waals surface area contributed by atoms with Crippen molar-refractivity contribution in [2.24, 2.45) is 0 Å². The monoisotopic (exact) mass is 430 g/mol. The third-order valence-electron chi connectivity index (χ3n) is 4.03. The Morgan fingerprint density at radius 2 is 2.00 bits per heavy atom. The Kier molecular flexibility index (Phi) is 8.42. The van der Waals surface area contributed by atoms with Crippen molar-refractivity contribution < 1.29 is 28.9 Å². The zero-order chi connectivity index (χ0) is 23.0. The third-order valence-corrected chi connectivity index (χ3v) is 4.03. The normalized spacial score (nSPS) is 11.4. The van der Waals surface area contributed by atoms with Gasteiger partial charge in [0.05, 0.1) is 17.3 Å². The summed E-state index contributed by atoms with van der Waals surface area (Å²) in [6.45, 7) is 6.63. The minimum atomic E-state index is -1.34. The molecule has 0 amide bonds. The molecule has 0 radical (unpaired) electrons. The smallest absolute Gasteiger partial charge is 0.300 e. The van der Waals surface area contributed by atoms with Crippen LogP contribution in [0.5, 0.6) is 5.75 Å². The van der Waals surface area contributed by atoms with Gasteiger partial charge in [0, 0.05) is 31.7 Å². The summed E-state index contributed by atoms with van der Waals surface area (Å²) in [6, 6.07) is 7.55. The average molecular weight is 430 g/mol. The molecule has 2 heterocycles. The molecule has 0 saturated carbocycles. The van der Waals surface area contributed by atoms with Crippen LogP contribution in [0.1, 0.15) is 36.8 Å². The maximum absolute atomic E-state index is 13.1. The van der Waals surface area contributed by atoms with Crippen LogP contribution in [0.25, 0.3) is 11.0 Å². The summed E-state index contributed by atoms with van der Waals surface area (Å²) in [6.07, 6.45) is 1.95. The number of hydrogen-bond acceptors (Lipinski definition) is 6. The SMILES string of the molecule is C=COc1c(Cc2ccc(F)cc2)cnc2cc(C(O)OCC)c(=O)[nH]c12.CC(=O)O. The molecule has 1 atom stereocenters. The highest BCUT2D eigenvalue weighted by atomic mass is 19.1. The fourth-order valence-electron chi connectivity index (χ4n) is 2.77. The van der Waals surface area contributed by atoms with Gasteiger partial charge in [-0.1, -0.05) is 18.7 Å². The second-order valence-corrected chi connectivity index (χ2v) is 6.34. The molecule has 9 heteroatoms. The van der Waals surface area contributed by atoms with Crippen LogP contribution < -0.4 is 10.3 Å². The second-order valence-electron chi connectivity index (χ2n) is 6.34. The molecular formula is C22H23FN2O6. The predicted octanol–water partition coefficient (Wildman–Crippen LogP) is 3.29. The number of carbonyl (C=O) groups is 1. The summed E-state index contributed by atoms with van der Waals surface area (Å²) in [4.78, 5) is 28.4. The van der Waals surface area contributed by atoms with Gasteiger partial charge in [-0.15, -0.1) is 0 Å². The van der Waals surface area contributed by atoms with Crippen LogP contribution in [0.15, 0.2) is 54.2 Å². The van der Waals surface area contributed by atoms with Gasteiger partial charge in [-0.05, 0) is 30.7 Å². The van der Waals surface area contributed by atoms with Crippen molar-refractivity contribution in [2.45, 2.75) is 26.6 Å². The Morgan fingerprint density at radius 1 is 1.35 bits per heavy atom. The molecule has 0 aliphatic carbocycles. The summed E-state index contributed by atoms with van der Waals surface area (Å²) in [5.74, 6) is -0.753. The van der Waals surface area contributed by atoms with E-state index < -0.39 is 17.8 Å². The van der Waals surface area contributed by atoms with Crippen molar-refractivity contribution in [3.8, 4) is 5.75 Å². The van der Waals surface area contributed by atoms with Crippen LogP contribution in [0, 0.1) is 5.82 Å². The van der Waals surface area contributed by atoms with Gasteiger partial charge in [0.2, 0.25) is 0 Å². The molecule has 31 heavy (non-hydrogen) atoms. The molecule has 2 aromatic heterocycles. The fraction of sp³-hybridized carbons (Fsp3) is 0.227. The largest absolute Gasteiger partial charge is 0.481 e. The van der Waals surface area contributed by atoms with Crippen molar-refractivity contribution in [2.75, 3.05) is 6.61 Å². The number of carboxylic acids is 1. The molecule has 3 N–H and O–H groups in total. The van der Waals surface area contributed by atoms with Crippen molar-refractivity contribution in [1.82, 2.24) is 9.97 Å². The maximum Gasteiger partial charge on any atom is 0.300 e. The van der Waals surface area contributed by atoms with E-state index in [9.17, 15) is 14.3 Å². The molecule has 1 unspecified atom stereocenters. The molecule has 1 aromatic carbocycles. The number of carboxylic acid groups (broad SMARTS) is 1. The van der Waals surface area contributed by atoms with Crippen molar-refractivity contribution >= 4 is 17.0 Å². The number of halogens is 1. The first-order chi connectivity index (χ1) is 14.8. The Hall–Kier alpha value is -3.56. The van der Waals surface area contributed by atoms with Crippen LogP contribution in [-0.4, -0.2) is 32.8 Å². The van der Waals surface area contributed by atoms with E-state index in [-0.39, 0.29) is 18.0 Å². The van der Waals surface area contributed by atoms with Crippen LogP contribution in [0.2, 0.25) is 0 Å². The number of aromatic nitrogens is 2. The van der Waals surface area contributed by atoms with Crippen molar-refractivity contribution in [3.63, 3.8) is 0 Å². The van der Waals surface area contributed by atoms with Gasteiger partial charge >= 0.3 is 0 Å². The summed E-state index contributed by atoms with van der Waals surface area (Å²) >= 11 is 0. The summed E-state index contributed by atoms with van der Waals surface area (Å²) in [5, 5.41) is 17.4. The molecule has 0 saturated heterocycles. The number of pyridine rings is 2. The zero-order valence-electron chi connectivity index (χ0n) is 17.1. The molecule has 0 bridgehead atoms. The van der Waals surface area contributed by atoms with E-state index in [1.807, 2.05) is 0 Å². The number of aliphatic hydroxyl groups is 1. The van der Waals surface area contributed by atoms with E-state index in [2.05, 4.69) is 16.5 Å². The van der Waals surface area contributed by atoms with E-state index in [0.29, 0.717) is 28.8 Å². The van der Waals surface area contributed by atoms with Crippen molar-refractivity contribution in [3.05, 3.63) is 82.2 Å². The number of fused-ring (bicyclic) bond motifs is 1. The molecule has 0 spiro atoms. The fourth-order valence-corrected chi connectivity index (χ4v) is 2.77. The van der Waals surface area contributed by atoms with Crippen molar-refractivity contribution in [1.29, 1.82) is 0 Å². The van der Waals surface area contributed by atoms with Crippen LogP contribution in [0.4, 0.5) is 4.39 Å². The number of aliphatic carboxylic acids is 1. The molecule has 8 nitrogen and oxygen atoms in total. The number of aromatic amines is 1. The topological polar surface area (TPSA) is 122 Å². The molecule has 0 aliphatic heterocycles. The Bertz CT molecular complexity index is 1110. The second kappa shape index (κ2) is 11.0. The third kappa shape index (κ3) is 6.46. The summed E-state index contributed by atoms with van der Waals surface area (Å²) < 4.78 is 23.7. The number of H-pyrrole nitrogens is 1. The quantitative estimate of drug-likeness (QED) is 0.388. The number of nitrogens with one attached hydrogen (secondary N) is 1. The molecule has 0 fully saturated rings. The van der Waals surface area contributed by atoms with Gasteiger partial charge < -0.3 is 24.7 Å². The van der Waals surface area contributed by atoms with Crippen LogP contribution in [0.3, 0.4) is 0 Å². The lowest BCUT2D eigenvalue weighted by Gasteiger charge is -2.14. The van der Waals surface area contributed by atoms with E-state index in [0.717, 1.165) is 12.5 Å². The minimum Gasteiger partial charge on any atom is -0.481 e. The van der Waals surface area contributed by atoms with E-state index in [1.54, 1.807) is 25.3 Å². The minimum absolute atomic E-state index is 0.0627. The Morgan fingerprint density at radius 3 is 2.58 bits per heavy atom. The molecule has 0 aliphatic rings. The number of rotatable bonds is 7. The number of ether oxygens (including phenoxy) is 2. The number of aliphatic hydroxyl groups excluding tert-OH is 1. The molecule has 3 aromatic rings. The standard InChI is InChI=1S/C20H19FN2O4.C2H4O2/c1-3-26-18-13(9-12-5-7-14(21)8-6-12)11-22-16-10-15(20(25)27-4-2)19(24)23-17(16)18;1-2(3)4/h3,5-8,10-11,20,25H,1,4,9H2,2H3,(H,23,24);1H3,(H,3,4). The van der Waals surface area contributed by atoms with E-state index in [4.69, 9.17) is 19.4 Å². The predicted molar refractivity (Wildman–Crippen MR) is 112 cm³/mol. The summed E-state index contributed by atoms with van der Waals surface area (Å²) in [5.41, 5.74) is 1.93. The number of hydrogen-bond donors (Lipinski definition) is 3. The lowest BCUT2D eigenvalue weighted by Crippen LogP contribution is -2.18. The summed E-state index contributed by atoms with van der Waals surface area (Å²) in [7, 11) is 0. The zero-order valence-corrected chi connectivity index (χ0v) is 17.1. The first kappa shape index (κ1) is 23.7. The van der Waals surface area contributed by atoms with Crippen LogP contribution >= 0.6 is 0 Å². The molecular weight excluding hydrogens is 407 g/mol. The highest BCUT2D eigenvalue weighted by Gasteiger charge is 2.17. The Balaban J connectivity index is 0.000000785. The lowest BCUT2D eigenvalue weighted by molar-refractivity contribution is -0.134. The van der Waals surface area contributed by atoms with Gasteiger partial charge in [0.1, 0.15) is 11.3 Å². The first-order valence-corrected chi connectivity index (χ1v) is 9.32. The van der Waals surface area contributed by atoms with Gasteiger partial charge in [-0.25, -0.2) is 4.39 Å². The van der Waals surface area contributed by atoms with E-state index in [1.165, 1.54) is 24.5 Å². The van der Waals surface area contributed by atoms with Gasteiger partial charge in [-0.3, -0.25) is 14.6 Å². The average Bonchev–Trinajstić information content (AvgIpc) is 2.71. The molecule has 3 rings (SSSR count). The number of nitrogens with zero attached hydrogens (tertiary/aromatic N) is 1. The highest BCUT2D eigenvalue weighted by molar-refractivity contribution is 5.82. The van der Waals surface area contributed by atoms with Crippen LogP contribution in [-0.2, 0) is 16.0 Å². The van der Waals surface area contributed by atoms with Gasteiger partial charge in [0.25, 0.3) is 11.5 Å². The number of benzene rings is 1. The van der Waals surface area contributed by atoms with Gasteiger partial charge in [0.15, 0.2) is 12.0 Å². The van der Waals surface area contributed by atoms with E-state index >= 15 is 0 Å². The van der Waals surface area contributed by atoms with Gasteiger partial charge in [-0.2, -0.15) is 0 Å². The molecule has 164 valence electrons. The lowest BCUT2D eigenvalue weighted by atomic mass is 10.0. The maximum atomic E-state index is 13.1.